The first-order chi connectivity index (χ1) is 8.47. The highest BCUT2D eigenvalue weighted by atomic mass is 32.2. The second-order valence-electron chi connectivity index (χ2n) is 5.05. The summed E-state index contributed by atoms with van der Waals surface area (Å²) in [5.41, 5.74) is -0.251. The third-order valence-electron chi connectivity index (χ3n) is 3.62. The molecule has 1 aromatic rings. The fourth-order valence-corrected chi connectivity index (χ4v) is 4.88. The highest BCUT2D eigenvalue weighted by Gasteiger charge is 2.34. The Morgan fingerprint density at radius 1 is 1.39 bits per heavy atom. The zero-order chi connectivity index (χ0) is 13.2. The zero-order valence-electron chi connectivity index (χ0n) is 10.5. The van der Waals surface area contributed by atoms with E-state index < -0.39 is 10.0 Å². The summed E-state index contributed by atoms with van der Waals surface area (Å²) in [6.07, 6.45) is 3.94. The number of aliphatic hydroxyl groups excluding tert-OH is 1. The van der Waals surface area contributed by atoms with Crippen molar-refractivity contribution in [2.45, 2.75) is 36.8 Å². The second-order valence-corrected chi connectivity index (χ2v) is 8.34. The van der Waals surface area contributed by atoms with E-state index in [-0.39, 0.29) is 12.0 Å². The summed E-state index contributed by atoms with van der Waals surface area (Å²) in [5, 5.41) is 9.46. The van der Waals surface area contributed by atoms with Gasteiger partial charge in [0.15, 0.2) is 0 Å². The Morgan fingerprint density at radius 2 is 2.06 bits per heavy atom. The van der Waals surface area contributed by atoms with Gasteiger partial charge in [-0.15, -0.1) is 11.3 Å². The minimum absolute atomic E-state index is 0.0546. The van der Waals surface area contributed by atoms with Crippen molar-refractivity contribution in [3.63, 3.8) is 0 Å². The summed E-state index contributed by atoms with van der Waals surface area (Å²) in [4.78, 5) is 0.980. The van der Waals surface area contributed by atoms with Gasteiger partial charge < -0.3 is 5.11 Å². The van der Waals surface area contributed by atoms with Crippen LogP contribution in [0, 0.1) is 12.3 Å². The number of thiophene rings is 1. The highest BCUT2D eigenvalue weighted by molar-refractivity contribution is 7.91. The number of aliphatic hydroxyl groups is 1. The molecule has 102 valence electrons. The van der Waals surface area contributed by atoms with Gasteiger partial charge in [-0.25, -0.2) is 13.1 Å². The number of nitrogens with one attached hydrogen (secondary N) is 1. The smallest absolute Gasteiger partial charge is 0.250 e. The van der Waals surface area contributed by atoms with Crippen molar-refractivity contribution in [3.8, 4) is 0 Å². The Hall–Kier alpha value is -0.430. The van der Waals surface area contributed by atoms with Crippen LogP contribution in [0.3, 0.4) is 0 Å². The van der Waals surface area contributed by atoms with E-state index in [1.165, 1.54) is 11.3 Å². The molecular formula is C12H19NO3S2. The maximum Gasteiger partial charge on any atom is 0.250 e. The predicted octanol–water partition coefficient (Wildman–Crippen LogP) is 1.89. The molecule has 0 amide bonds. The Bertz CT molecular complexity index is 501. The average molecular weight is 289 g/mol. The molecule has 0 radical (unpaired) electrons. The van der Waals surface area contributed by atoms with Gasteiger partial charge in [0, 0.05) is 23.4 Å². The van der Waals surface area contributed by atoms with Gasteiger partial charge in [-0.3, -0.25) is 0 Å². The monoisotopic (exact) mass is 289 g/mol. The fourth-order valence-electron chi connectivity index (χ4n) is 2.39. The standard InChI is InChI=1S/C12H19NO3S2/c1-10-4-5-11(17-10)18(15,16)13-8-12(9-14)6-2-3-7-12/h4-5,13-14H,2-3,6-9H2,1H3. The van der Waals surface area contributed by atoms with Crippen LogP contribution in [-0.2, 0) is 10.0 Å². The highest BCUT2D eigenvalue weighted by Crippen LogP contribution is 2.37. The van der Waals surface area contributed by atoms with Gasteiger partial charge in [-0.1, -0.05) is 12.8 Å². The van der Waals surface area contributed by atoms with E-state index in [2.05, 4.69) is 4.72 Å². The third kappa shape index (κ3) is 2.93. The van der Waals surface area contributed by atoms with Crippen molar-refractivity contribution in [1.82, 2.24) is 4.72 Å². The molecule has 0 spiro atoms. The van der Waals surface area contributed by atoms with Crippen LogP contribution in [0.5, 0.6) is 0 Å². The Kier molecular flexibility index (Phi) is 4.11. The SMILES string of the molecule is Cc1ccc(S(=O)(=O)NCC2(CO)CCCC2)s1. The van der Waals surface area contributed by atoms with Gasteiger partial charge in [0.2, 0.25) is 10.0 Å². The van der Waals surface area contributed by atoms with Crippen LogP contribution in [0.2, 0.25) is 0 Å². The molecule has 1 heterocycles. The molecule has 1 aromatic heterocycles. The van der Waals surface area contributed by atoms with Gasteiger partial charge in [-0.2, -0.15) is 0 Å². The lowest BCUT2D eigenvalue weighted by atomic mass is 9.88. The molecule has 2 N–H and O–H groups in total. The molecule has 0 atom stereocenters. The van der Waals surface area contributed by atoms with Gasteiger partial charge in [0.05, 0.1) is 0 Å². The molecule has 1 aliphatic rings. The Balaban J connectivity index is 2.05. The summed E-state index contributed by atoms with van der Waals surface area (Å²) in [7, 11) is -3.42. The normalized spacial score (nSPS) is 19.2. The fraction of sp³-hybridized carbons (Fsp3) is 0.667. The lowest BCUT2D eigenvalue weighted by Crippen LogP contribution is -2.38. The van der Waals surface area contributed by atoms with E-state index in [9.17, 15) is 13.5 Å². The molecule has 1 aliphatic carbocycles. The molecule has 0 aliphatic heterocycles. The molecule has 1 saturated carbocycles. The summed E-state index contributed by atoms with van der Waals surface area (Å²) >= 11 is 1.27. The minimum atomic E-state index is -3.42. The van der Waals surface area contributed by atoms with Crippen molar-refractivity contribution < 1.29 is 13.5 Å². The van der Waals surface area contributed by atoms with E-state index in [1.54, 1.807) is 12.1 Å². The average Bonchev–Trinajstić information content (AvgIpc) is 2.96. The Labute approximate surface area is 112 Å². The number of rotatable bonds is 5. The van der Waals surface area contributed by atoms with E-state index >= 15 is 0 Å². The molecule has 0 aromatic carbocycles. The number of hydrogen-bond acceptors (Lipinski definition) is 4. The van der Waals surface area contributed by atoms with Gasteiger partial charge >= 0.3 is 0 Å². The number of hydrogen-bond donors (Lipinski definition) is 2. The van der Waals surface area contributed by atoms with Crippen LogP contribution in [0.1, 0.15) is 30.6 Å². The topological polar surface area (TPSA) is 66.4 Å². The van der Waals surface area contributed by atoms with E-state index in [0.29, 0.717) is 10.8 Å². The first-order valence-corrected chi connectivity index (χ1v) is 8.44. The first kappa shape index (κ1) is 14.0. The van der Waals surface area contributed by atoms with Crippen LogP contribution in [0.25, 0.3) is 0 Å². The van der Waals surface area contributed by atoms with Crippen molar-refractivity contribution >= 4 is 21.4 Å². The summed E-state index contributed by atoms with van der Waals surface area (Å²) in [6.45, 7) is 2.28. The molecular weight excluding hydrogens is 270 g/mol. The van der Waals surface area contributed by atoms with Gasteiger partial charge in [0.1, 0.15) is 4.21 Å². The predicted molar refractivity (Wildman–Crippen MR) is 72.2 cm³/mol. The molecule has 6 heteroatoms. The zero-order valence-corrected chi connectivity index (χ0v) is 12.1. The molecule has 4 nitrogen and oxygen atoms in total. The van der Waals surface area contributed by atoms with Crippen LogP contribution >= 0.6 is 11.3 Å². The maximum atomic E-state index is 12.1. The van der Waals surface area contributed by atoms with Crippen molar-refractivity contribution in [3.05, 3.63) is 17.0 Å². The first-order valence-electron chi connectivity index (χ1n) is 6.14. The second kappa shape index (κ2) is 5.28. The summed E-state index contributed by atoms with van der Waals surface area (Å²) in [6, 6.07) is 3.43. The maximum absolute atomic E-state index is 12.1. The van der Waals surface area contributed by atoms with Crippen molar-refractivity contribution in [2.24, 2.45) is 5.41 Å². The van der Waals surface area contributed by atoms with Crippen molar-refractivity contribution in [2.75, 3.05) is 13.2 Å². The van der Waals surface area contributed by atoms with Gasteiger partial charge in [0.25, 0.3) is 0 Å². The molecule has 18 heavy (non-hydrogen) atoms. The number of aryl methyl sites for hydroxylation is 1. The summed E-state index contributed by atoms with van der Waals surface area (Å²) < 4.78 is 27.2. The molecule has 0 bridgehead atoms. The molecule has 2 rings (SSSR count). The molecule has 0 unspecified atom stereocenters. The number of sulfonamides is 1. The molecule has 1 fully saturated rings. The quantitative estimate of drug-likeness (QED) is 0.870. The third-order valence-corrected chi connectivity index (χ3v) is 6.51. The van der Waals surface area contributed by atoms with Crippen LogP contribution in [0.15, 0.2) is 16.3 Å². The van der Waals surface area contributed by atoms with E-state index in [1.807, 2.05) is 6.92 Å². The van der Waals surface area contributed by atoms with E-state index in [0.717, 1.165) is 30.6 Å². The largest absolute Gasteiger partial charge is 0.396 e. The summed E-state index contributed by atoms with van der Waals surface area (Å²) in [5.74, 6) is 0. The lowest BCUT2D eigenvalue weighted by molar-refractivity contribution is 0.134. The molecule has 0 saturated heterocycles. The van der Waals surface area contributed by atoms with E-state index in [4.69, 9.17) is 0 Å². The van der Waals surface area contributed by atoms with Crippen LogP contribution in [0.4, 0.5) is 0 Å². The van der Waals surface area contributed by atoms with Crippen molar-refractivity contribution in [1.29, 1.82) is 0 Å². The Morgan fingerprint density at radius 3 is 2.56 bits per heavy atom. The van der Waals surface area contributed by atoms with Crippen LogP contribution in [-0.4, -0.2) is 26.7 Å². The minimum Gasteiger partial charge on any atom is -0.396 e. The van der Waals surface area contributed by atoms with Gasteiger partial charge in [-0.05, 0) is 31.9 Å². The lowest BCUT2D eigenvalue weighted by Gasteiger charge is -2.26. The van der Waals surface area contributed by atoms with Crippen LogP contribution < -0.4 is 4.72 Å².